The Balaban J connectivity index is 3.00. The van der Waals surface area contributed by atoms with Crippen molar-refractivity contribution in [3.05, 3.63) is 42.0 Å². The zero-order chi connectivity index (χ0) is 17.4. The van der Waals surface area contributed by atoms with Crippen LogP contribution in [0.5, 0.6) is 0 Å². The summed E-state index contributed by atoms with van der Waals surface area (Å²) in [6, 6.07) is 4.98. The van der Waals surface area contributed by atoms with Crippen LogP contribution in [-0.2, 0) is 26.7 Å². The average Bonchev–Trinajstić information content (AvgIpc) is 2.44. The Kier molecular flexibility index (Phi) is 4.63. The molecule has 2 rings (SSSR count). The molecule has 0 aromatic heterocycles. The maximum absolute atomic E-state index is 11.4. The van der Waals surface area contributed by atoms with E-state index in [4.69, 9.17) is 0 Å². The summed E-state index contributed by atoms with van der Waals surface area (Å²) >= 11 is 0. The Morgan fingerprint density at radius 1 is 1.00 bits per heavy atom. The fourth-order valence-electron chi connectivity index (χ4n) is 2.51. The van der Waals surface area contributed by atoms with Gasteiger partial charge < -0.3 is 0 Å². The standard InChI is InChI=1S/C15H16O6S2/c1-3-5-11-7-14(23(19,20)21)9-12-8-13(22(16,17)18)6-10(4-2)15(11)12/h4,6-9H,2-3,5H2,1H3,(H,16,17,18)(H,19,20,21). The van der Waals surface area contributed by atoms with E-state index in [9.17, 15) is 25.9 Å². The second-order valence-electron chi connectivity index (χ2n) is 5.10. The van der Waals surface area contributed by atoms with Crippen molar-refractivity contribution in [3.8, 4) is 0 Å². The zero-order valence-corrected chi connectivity index (χ0v) is 14.0. The molecule has 0 aliphatic rings. The van der Waals surface area contributed by atoms with Gasteiger partial charge >= 0.3 is 0 Å². The van der Waals surface area contributed by atoms with Crippen LogP contribution < -0.4 is 0 Å². The first-order chi connectivity index (χ1) is 10.6. The molecule has 0 aliphatic heterocycles. The first-order valence-corrected chi connectivity index (χ1v) is 9.64. The first-order valence-electron chi connectivity index (χ1n) is 6.76. The lowest BCUT2D eigenvalue weighted by molar-refractivity contribution is 0.481. The van der Waals surface area contributed by atoms with Crippen molar-refractivity contribution < 1.29 is 25.9 Å². The lowest BCUT2D eigenvalue weighted by Crippen LogP contribution is -2.03. The van der Waals surface area contributed by atoms with E-state index in [1.165, 1.54) is 30.3 Å². The average molecular weight is 356 g/mol. The minimum absolute atomic E-state index is 0.286. The summed E-state index contributed by atoms with van der Waals surface area (Å²) in [6.07, 6.45) is 2.69. The van der Waals surface area contributed by atoms with Gasteiger partial charge in [0, 0.05) is 0 Å². The molecule has 0 atom stereocenters. The van der Waals surface area contributed by atoms with E-state index < -0.39 is 20.2 Å². The van der Waals surface area contributed by atoms with Crippen LogP contribution in [0.4, 0.5) is 0 Å². The number of hydrogen-bond acceptors (Lipinski definition) is 4. The van der Waals surface area contributed by atoms with Crippen molar-refractivity contribution in [2.75, 3.05) is 0 Å². The minimum atomic E-state index is -4.46. The fraction of sp³-hybridized carbons (Fsp3) is 0.200. The molecule has 0 saturated carbocycles. The molecule has 0 heterocycles. The second-order valence-corrected chi connectivity index (χ2v) is 7.94. The summed E-state index contributed by atoms with van der Waals surface area (Å²) in [6.45, 7) is 5.54. The lowest BCUT2D eigenvalue weighted by atomic mass is 9.96. The molecule has 0 bridgehead atoms. The molecule has 6 nitrogen and oxygen atoms in total. The normalized spacial score (nSPS) is 12.5. The van der Waals surface area contributed by atoms with E-state index in [0.717, 1.165) is 6.42 Å². The Labute approximate surface area is 135 Å². The van der Waals surface area contributed by atoms with E-state index in [0.29, 0.717) is 22.9 Å². The third-order valence-electron chi connectivity index (χ3n) is 3.44. The van der Waals surface area contributed by atoms with Crippen molar-refractivity contribution in [3.63, 3.8) is 0 Å². The van der Waals surface area contributed by atoms with Crippen LogP contribution in [0, 0.1) is 0 Å². The van der Waals surface area contributed by atoms with Crippen molar-refractivity contribution >= 4 is 37.1 Å². The van der Waals surface area contributed by atoms with Crippen molar-refractivity contribution in [1.82, 2.24) is 0 Å². The van der Waals surface area contributed by atoms with Gasteiger partial charge in [0.05, 0.1) is 9.79 Å². The minimum Gasteiger partial charge on any atom is -0.282 e. The van der Waals surface area contributed by atoms with Gasteiger partial charge in [-0.3, -0.25) is 9.11 Å². The quantitative estimate of drug-likeness (QED) is 0.797. The summed E-state index contributed by atoms with van der Waals surface area (Å²) in [5, 5.41) is 0.926. The molecule has 0 amide bonds. The molecule has 8 heteroatoms. The van der Waals surface area contributed by atoms with Crippen LogP contribution in [0.1, 0.15) is 24.5 Å². The third kappa shape index (κ3) is 3.61. The largest absolute Gasteiger partial charge is 0.294 e. The smallest absolute Gasteiger partial charge is 0.282 e. The molecular formula is C15H16O6S2. The number of benzene rings is 2. The van der Waals surface area contributed by atoms with Gasteiger partial charge in [0.2, 0.25) is 0 Å². The topological polar surface area (TPSA) is 109 Å². The maximum Gasteiger partial charge on any atom is 0.294 e. The number of fused-ring (bicyclic) bond motifs is 1. The van der Waals surface area contributed by atoms with Gasteiger partial charge in [0.15, 0.2) is 0 Å². The summed E-state index contributed by atoms with van der Waals surface area (Å²) in [5.74, 6) is 0. The van der Waals surface area contributed by atoms with Gasteiger partial charge in [0.25, 0.3) is 20.2 Å². The Hall–Kier alpha value is -1.74. The van der Waals surface area contributed by atoms with Gasteiger partial charge in [0.1, 0.15) is 0 Å². The highest BCUT2D eigenvalue weighted by molar-refractivity contribution is 7.86. The molecule has 2 N–H and O–H groups in total. The van der Waals surface area contributed by atoms with Gasteiger partial charge in [-0.25, -0.2) is 0 Å². The SMILES string of the molecule is C=Cc1cc(S(=O)(=O)O)cc2cc(S(=O)(=O)O)cc(CCC)c12. The molecule has 0 saturated heterocycles. The van der Waals surface area contributed by atoms with Crippen LogP contribution in [0.2, 0.25) is 0 Å². The third-order valence-corrected chi connectivity index (χ3v) is 5.11. The molecule has 0 spiro atoms. The molecule has 2 aromatic carbocycles. The van der Waals surface area contributed by atoms with Crippen LogP contribution >= 0.6 is 0 Å². The van der Waals surface area contributed by atoms with Crippen LogP contribution in [-0.4, -0.2) is 25.9 Å². The van der Waals surface area contributed by atoms with Crippen LogP contribution in [0.3, 0.4) is 0 Å². The van der Waals surface area contributed by atoms with E-state index in [-0.39, 0.29) is 15.2 Å². The number of hydrogen-bond donors (Lipinski definition) is 2. The van der Waals surface area contributed by atoms with E-state index in [1.54, 1.807) is 0 Å². The highest BCUT2D eigenvalue weighted by atomic mass is 32.2. The molecule has 23 heavy (non-hydrogen) atoms. The van der Waals surface area contributed by atoms with Crippen LogP contribution in [0.25, 0.3) is 16.8 Å². The molecule has 0 fully saturated rings. The molecule has 2 aromatic rings. The van der Waals surface area contributed by atoms with Gasteiger partial charge in [-0.1, -0.05) is 26.0 Å². The predicted molar refractivity (Wildman–Crippen MR) is 87.7 cm³/mol. The Bertz CT molecular complexity index is 983. The summed E-state index contributed by atoms with van der Waals surface area (Å²) < 4.78 is 64.2. The fourth-order valence-corrected chi connectivity index (χ4v) is 3.63. The van der Waals surface area contributed by atoms with Crippen molar-refractivity contribution in [2.45, 2.75) is 29.6 Å². The highest BCUT2D eigenvalue weighted by Crippen LogP contribution is 2.31. The molecule has 0 aliphatic carbocycles. The van der Waals surface area contributed by atoms with Gasteiger partial charge in [-0.05, 0) is 52.6 Å². The van der Waals surface area contributed by atoms with Gasteiger partial charge in [-0.15, -0.1) is 0 Å². The van der Waals surface area contributed by atoms with E-state index in [2.05, 4.69) is 6.58 Å². The van der Waals surface area contributed by atoms with E-state index >= 15 is 0 Å². The zero-order valence-electron chi connectivity index (χ0n) is 12.4. The van der Waals surface area contributed by atoms with Crippen molar-refractivity contribution in [2.24, 2.45) is 0 Å². The maximum atomic E-state index is 11.4. The van der Waals surface area contributed by atoms with Crippen LogP contribution in [0.15, 0.2) is 40.6 Å². The second kappa shape index (κ2) is 6.04. The lowest BCUT2D eigenvalue weighted by Gasteiger charge is -2.12. The highest BCUT2D eigenvalue weighted by Gasteiger charge is 2.18. The molecule has 0 radical (unpaired) electrons. The monoisotopic (exact) mass is 356 g/mol. The first kappa shape index (κ1) is 17.6. The Morgan fingerprint density at radius 2 is 1.52 bits per heavy atom. The predicted octanol–water partition coefficient (Wildman–Crippen LogP) is 2.93. The molecule has 0 unspecified atom stereocenters. The number of aryl methyl sites for hydroxylation is 1. The van der Waals surface area contributed by atoms with Crippen molar-refractivity contribution in [1.29, 1.82) is 0 Å². The summed E-state index contributed by atoms with van der Waals surface area (Å²) in [7, 11) is -8.90. The summed E-state index contributed by atoms with van der Waals surface area (Å²) in [5.41, 5.74) is 1.11. The Morgan fingerprint density at radius 3 is 1.96 bits per heavy atom. The number of rotatable bonds is 5. The van der Waals surface area contributed by atoms with Gasteiger partial charge in [-0.2, -0.15) is 16.8 Å². The molecular weight excluding hydrogens is 340 g/mol. The summed E-state index contributed by atoms with van der Waals surface area (Å²) in [4.78, 5) is -0.689. The van der Waals surface area contributed by atoms with E-state index in [1.807, 2.05) is 6.92 Å². The molecule has 124 valence electrons.